The highest BCUT2D eigenvalue weighted by molar-refractivity contribution is 5.71. The molecule has 1 unspecified atom stereocenters. The van der Waals surface area contributed by atoms with Gasteiger partial charge in [0.25, 0.3) is 0 Å². The van der Waals surface area contributed by atoms with Gasteiger partial charge in [0.1, 0.15) is 17.2 Å². The maximum Gasteiger partial charge on any atom is 0.160 e. The lowest BCUT2D eigenvalue weighted by Crippen LogP contribution is -2.32. The third-order valence-corrected chi connectivity index (χ3v) is 4.41. The molecule has 5 heteroatoms. The molecule has 2 aromatic heterocycles. The summed E-state index contributed by atoms with van der Waals surface area (Å²) in [6, 6.07) is 11.0. The van der Waals surface area contributed by atoms with Gasteiger partial charge in [-0.25, -0.2) is 14.4 Å². The van der Waals surface area contributed by atoms with E-state index >= 15 is 0 Å². The lowest BCUT2D eigenvalue weighted by atomic mass is 10.1. The van der Waals surface area contributed by atoms with Crippen LogP contribution in [0.1, 0.15) is 30.3 Å². The zero-order chi connectivity index (χ0) is 15.6. The summed E-state index contributed by atoms with van der Waals surface area (Å²) in [4.78, 5) is 9.30. The van der Waals surface area contributed by atoms with Crippen LogP contribution >= 0.6 is 0 Å². The summed E-state index contributed by atoms with van der Waals surface area (Å²) in [5, 5.41) is 3.45. The monoisotopic (exact) mass is 310 g/mol. The predicted octanol–water partition coefficient (Wildman–Crippen LogP) is 3.09. The molecule has 1 aliphatic rings. The number of pyridine rings is 1. The number of aromatic nitrogens is 3. The van der Waals surface area contributed by atoms with Gasteiger partial charge < -0.3 is 9.88 Å². The molecule has 118 valence electrons. The van der Waals surface area contributed by atoms with Gasteiger partial charge in [-0.2, -0.15) is 0 Å². The van der Waals surface area contributed by atoms with E-state index in [9.17, 15) is 4.39 Å². The summed E-state index contributed by atoms with van der Waals surface area (Å²) in [5.41, 5.74) is 2.77. The Morgan fingerprint density at radius 3 is 3.04 bits per heavy atom. The minimum atomic E-state index is -0.206. The fourth-order valence-electron chi connectivity index (χ4n) is 3.37. The molecule has 4 nitrogen and oxygen atoms in total. The summed E-state index contributed by atoms with van der Waals surface area (Å²) in [5.74, 6) is 0.751. The standard InChI is InChI=1S/C18H19FN4/c19-14-5-1-4-13(10-14)11-17-22-16-7-3-9-21-18(16)23(17)15-6-2-8-20-12-15/h1,3-5,7,9-10,15,20H,2,6,8,11-12H2. The molecule has 1 N–H and O–H groups in total. The second-order valence-electron chi connectivity index (χ2n) is 6.05. The second-order valence-corrected chi connectivity index (χ2v) is 6.05. The fraction of sp³-hybridized carbons (Fsp3) is 0.333. The van der Waals surface area contributed by atoms with Crippen molar-refractivity contribution in [3.63, 3.8) is 0 Å². The summed E-state index contributed by atoms with van der Waals surface area (Å²) >= 11 is 0. The molecule has 23 heavy (non-hydrogen) atoms. The normalized spacial score (nSPS) is 18.4. The third kappa shape index (κ3) is 2.84. The molecule has 0 aliphatic carbocycles. The fourth-order valence-corrected chi connectivity index (χ4v) is 3.37. The quantitative estimate of drug-likeness (QED) is 0.808. The van der Waals surface area contributed by atoms with Crippen molar-refractivity contribution in [3.8, 4) is 0 Å². The van der Waals surface area contributed by atoms with Crippen molar-refractivity contribution < 1.29 is 4.39 Å². The van der Waals surface area contributed by atoms with Crippen molar-refractivity contribution in [2.75, 3.05) is 13.1 Å². The molecule has 1 aliphatic heterocycles. The molecule has 1 fully saturated rings. The zero-order valence-corrected chi connectivity index (χ0v) is 12.9. The van der Waals surface area contributed by atoms with Gasteiger partial charge in [0.15, 0.2) is 5.65 Å². The van der Waals surface area contributed by atoms with Crippen molar-refractivity contribution in [2.24, 2.45) is 0 Å². The van der Waals surface area contributed by atoms with Crippen LogP contribution in [0.3, 0.4) is 0 Å². The van der Waals surface area contributed by atoms with E-state index < -0.39 is 0 Å². The van der Waals surface area contributed by atoms with Crippen molar-refractivity contribution in [1.29, 1.82) is 0 Å². The van der Waals surface area contributed by atoms with Gasteiger partial charge in [0.05, 0.1) is 0 Å². The first-order chi connectivity index (χ1) is 11.3. The maximum atomic E-state index is 13.5. The molecule has 0 spiro atoms. The van der Waals surface area contributed by atoms with Crippen molar-refractivity contribution >= 4 is 11.2 Å². The molecule has 4 rings (SSSR count). The van der Waals surface area contributed by atoms with Gasteiger partial charge in [0.2, 0.25) is 0 Å². The topological polar surface area (TPSA) is 42.7 Å². The highest BCUT2D eigenvalue weighted by Crippen LogP contribution is 2.25. The number of hydrogen-bond donors (Lipinski definition) is 1. The Kier molecular flexibility index (Phi) is 3.79. The Hall–Kier alpha value is -2.27. The molecule has 0 bridgehead atoms. The first-order valence-corrected chi connectivity index (χ1v) is 8.08. The van der Waals surface area contributed by atoms with Crippen molar-refractivity contribution in [2.45, 2.75) is 25.3 Å². The SMILES string of the molecule is Fc1cccc(Cc2nc3cccnc3n2C2CCCNC2)c1. The largest absolute Gasteiger partial charge is 0.315 e. The lowest BCUT2D eigenvalue weighted by Gasteiger charge is -2.26. The van der Waals surface area contributed by atoms with Gasteiger partial charge in [0, 0.05) is 25.2 Å². The van der Waals surface area contributed by atoms with Gasteiger partial charge in [-0.05, 0) is 49.2 Å². The van der Waals surface area contributed by atoms with Crippen molar-refractivity contribution in [3.05, 3.63) is 59.8 Å². The van der Waals surface area contributed by atoms with Crippen LogP contribution in [0, 0.1) is 5.82 Å². The van der Waals surface area contributed by atoms with Crippen LogP contribution in [-0.4, -0.2) is 27.6 Å². The van der Waals surface area contributed by atoms with E-state index in [4.69, 9.17) is 4.98 Å². The highest BCUT2D eigenvalue weighted by Gasteiger charge is 2.22. The number of piperidine rings is 1. The Morgan fingerprint density at radius 1 is 1.26 bits per heavy atom. The van der Waals surface area contributed by atoms with Crippen molar-refractivity contribution in [1.82, 2.24) is 19.9 Å². The van der Waals surface area contributed by atoms with Crippen LogP contribution in [-0.2, 0) is 6.42 Å². The van der Waals surface area contributed by atoms with Gasteiger partial charge in [-0.15, -0.1) is 0 Å². The third-order valence-electron chi connectivity index (χ3n) is 4.41. The Morgan fingerprint density at radius 2 is 2.22 bits per heavy atom. The number of rotatable bonds is 3. The molecular formula is C18H19FN4. The average molecular weight is 310 g/mol. The Labute approximate surface area is 134 Å². The smallest absolute Gasteiger partial charge is 0.160 e. The number of halogens is 1. The van der Waals surface area contributed by atoms with E-state index in [1.807, 2.05) is 24.4 Å². The number of benzene rings is 1. The van der Waals surface area contributed by atoms with Gasteiger partial charge in [-0.3, -0.25) is 0 Å². The summed E-state index contributed by atoms with van der Waals surface area (Å²) in [6.07, 6.45) is 4.69. The number of hydrogen-bond acceptors (Lipinski definition) is 3. The molecule has 1 saturated heterocycles. The lowest BCUT2D eigenvalue weighted by molar-refractivity contribution is 0.370. The minimum Gasteiger partial charge on any atom is -0.315 e. The van der Waals surface area contributed by atoms with E-state index in [1.54, 1.807) is 12.1 Å². The van der Waals surface area contributed by atoms with E-state index in [0.717, 1.165) is 48.5 Å². The number of fused-ring (bicyclic) bond motifs is 1. The second kappa shape index (κ2) is 6.08. The van der Waals surface area contributed by atoms with Gasteiger partial charge in [-0.1, -0.05) is 12.1 Å². The molecule has 1 aromatic carbocycles. The van der Waals surface area contributed by atoms with Crippen LogP contribution in [0.15, 0.2) is 42.6 Å². The van der Waals surface area contributed by atoms with Crippen LogP contribution in [0.2, 0.25) is 0 Å². The van der Waals surface area contributed by atoms with E-state index in [0.29, 0.717) is 12.5 Å². The van der Waals surface area contributed by atoms with E-state index in [1.165, 1.54) is 6.07 Å². The Balaban J connectivity index is 1.78. The Bertz CT molecular complexity index is 821. The van der Waals surface area contributed by atoms with Crippen LogP contribution in [0.5, 0.6) is 0 Å². The summed E-state index contributed by atoms with van der Waals surface area (Å²) in [6.45, 7) is 1.99. The highest BCUT2D eigenvalue weighted by atomic mass is 19.1. The van der Waals surface area contributed by atoms with E-state index in [2.05, 4.69) is 14.9 Å². The molecule has 3 aromatic rings. The van der Waals surface area contributed by atoms with Crippen LogP contribution in [0.25, 0.3) is 11.2 Å². The van der Waals surface area contributed by atoms with E-state index in [-0.39, 0.29) is 5.82 Å². The molecule has 1 atom stereocenters. The summed E-state index contributed by atoms with van der Waals surface area (Å²) in [7, 11) is 0. The molecule has 0 amide bonds. The first-order valence-electron chi connectivity index (χ1n) is 8.08. The number of nitrogens with one attached hydrogen (secondary N) is 1. The maximum absolute atomic E-state index is 13.5. The number of nitrogens with zero attached hydrogens (tertiary/aromatic N) is 3. The zero-order valence-electron chi connectivity index (χ0n) is 12.9. The molecule has 3 heterocycles. The first kappa shape index (κ1) is 14.3. The van der Waals surface area contributed by atoms with Crippen LogP contribution in [0.4, 0.5) is 4.39 Å². The van der Waals surface area contributed by atoms with Gasteiger partial charge >= 0.3 is 0 Å². The minimum absolute atomic E-state index is 0.206. The molecule has 0 radical (unpaired) electrons. The summed E-state index contributed by atoms with van der Waals surface area (Å²) < 4.78 is 15.7. The predicted molar refractivity (Wildman–Crippen MR) is 87.9 cm³/mol. The average Bonchev–Trinajstić information content (AvgIpc) is 2.93. The molecule has 0 saturated carbocycles. The number of imidazole rings is 1. The van der Waals surface area contributed by atoms with Crippen LogP contribution < -0.4 is 5.32 Å². The molecular weight excluding hydrogens is 291 g/mol.